The third-order valence-corrected chi connectivity index (χ3v) is 10.7. The molecule has 15 nitrogen and oxygen atoms in total. The van der Waals surface area contributed by atoms with Crippen molar-refractivity contribution in [2.75, 3.05) is 18.5 Å². The minimum atomic E-state index is -1.04. The number of imide groups is 2. The van der Waals surface area contributed by atoms with Crippen LogP contribution in [0.1, 0.15) is 124 Å². The number of unbranched alkanes of at least 4 members (excludes halogenated alkanes) is 3. The van der Waals surface area contributed by atoms with Crippen LogP contribution in [0.15, 0.2) is 53.5 Å². The summed E-state index contributed by atoms with van der Waals surface area (Å²) in [6.07, 6.45) is 8.57. The van der Waals surface area contributed by atoms with E-state index in [0.29, 0.717) is 53.4 Å². The van der Waals surface area contributed by atoms with Crippen molar-refractivity contribution in [2.45, 2.75) is 90.1 Å². The van der Waals surface area contributed by atoms with E-state index in [1.165, 1.54) is 13.0 Å². The largest absolute Gasteiger partial charge is 0.493 e. The Kier molecular flexibility index (Phi) is 11.0. The lowest BCUT2D eigenvalue weighted by Crippen LogP contribution is -2.54. The molecule has 1 saturated heterocycles. The van der Waals surface area contributed by atoms with Crippen molar-refractivity contribution < 1.29 is 33.5 Å². The van der Waals surface area contributed by atoms with E-state index in [2.05, 4.69) is 20.9 Å². The summed E-state index contributed by atoms with van der Waals surface area (Å²) in [5.41, 5.74) is 2.41. The van der Waals surface area contributed by atoms with E-state index in [1.54, 1.807) is 54.1 Å². The number of piperidine rings is 1. The molecule has 1 aliphatic carbocycles. The minimum absolute atomic E-state index is 0.0239. The number of aromatic nitrogens is 3. The number of rotatable bonds is 14. The number of aryl methyl sites for hydroxylation is 1. The number of pyridine rings is 1. The van der Waals surface area contributed by atoms with Crippen LogP contribution >= 0.6 is 0 Å². The van der Waals surface area contributed by atoms with Crippen molar-refractivity contribution >= 4 is 58.0 Å². The van der Waals surface area contributed by atoms with Crippen molar-refractivity contribution in [3.8, 4) is 5.75 Å². The Morgan fingerprint density at radius 1 is 0.929 bits per heavy atom. The standard InChI is InChI=1S/C41H43N7O8/c1-23-29-22-43-41(46-35(29)47(27-10-5-6-11-27)39(54)33(23)24(2)49)44-26-16-14-25(15-17-26)36(51)42-20-7-3-4-8-21-56-31-13-9-12-28-34(31)40(55)48(38(28)53)30-18-19-32(50)45-37(30)52/h9,12-17,22,27,30H,3-8,10-11,18-21H2,1-2H3,(H,42,51)(H,43,44,46)(H,45,50,52). The molecule has 3 N–H and O–H groups in total. The Bertz CT molecular complexity index is 2310. The van der Waals surface area contributed by atoms with E-state index < -0.39 is 29.7 Å². The van der Waals surface area contributed by atoms with Gasteiger partial charge in [0.25, 0.3) is 23.3 Å². The Balaban J connectivity index is 0.868. The van der Waals surface area contributed by atoms with Gasteiger partial charge >= 0.3 is 0 Å². The van der Waals surface area contributed by atoms with Crippen LogP contribution in [0.5, 0.6) is 5.75 Å². The summed E-state index contributed by atoms with van der Waals surface area (Å²) in [5, 5.41) is 8.98. The van der Waals surface area contributed by atoms with Crippen LogP contribution in [0, 0.1) is 6.92 Å². The summed E-state index contributed by atoms with van der Waals surface area (Å²) >= 11 is 0. The first-order chi connectivity index (χ1) is 27.0. The molecule has 2 aromatic carbocycles. The fraction of sp³-hybridized carbons (Fsp3) is 0.390. The molecule has 4 heterocycles. The van der Waals surface area contributed by atoms with Crippen LogP contribution in [-0.4, -0.2) is 73.9 Å². The number of benzene rings is 2. The number of ether oxygens (including phenoxy) is 1. The quantitative estimate of drug-likeness (QED) is 0.0895. The minimum Gasteiger partial charge on any atom is -0.493 e. The molecule has 3 aliphatic rings. The van der Waals surface area contributed by atoms with E-state index in [1.807, 2.05) is 0 Å². The van der Waals surface area contributed by atoms with Crippen molar-refractivity contribution in [2.24, 2.45) is 0 Å². The lowest BCUT2D eigenvalue weighted by atomic mass is 10.0. The van der Waals surface area contributed by atoms with Crippen LogP contribution in [0.25, 0.3) is 11.0 Å². The van der Waals surface area contributed by atoms with Gasteiger partial charge in [0.15, 0.2) is 5.78 Å². The fourth-order valence-corrected chi connectivity index (χ4v) is 7.81. The van der Waals surface area contributed by atoms with Crippen molar-refractivity contribution in [1.82, 2.24) is 30.1 Å². The Morgan fingerprint density at radius 3 is 2.41 bits per heavy atom. The average Bonchev–Trinajstić information content (AvgIpc) is 3.79. The van der Waals surface area contributed by atoms with Gasteiger partial charge in [0.1, 0.15) is 17.4 Å². The Labute approximate surface area is 322 Å². The Hall–Kier alpha value is -6.25. The number of nitrogens with zero attached hydrogens (tertiary/aromatic N) is 4. The molecule has 56 heavy (non-hydrogen) atoms. The van der Waals surface area contributed by atoms with E-state index in [-0.39, 0.29) is 58.6 Å². The molecule has 1 unspecified atom stereocenters. The molecule has 5 amide bonds. The third-order valence-electron chi connectivity index (χ3n) is 10.7. The first-order valence-corrected chi connectivity index (χ1v) is 19.1. The maximum absolute atomic E-state index is 13.5. The second-order valence-corrected chi connectivity index (χ2v) is 14.4. The molecule has 4 aromatic rings. The fourth-order valence-electron chi connectivity index (χ4n) is 7.81. The van der Waals surface area contributed by atoms with Gasteiger partial charge in [0.2, 0.25) is 17.8 Å². The SMILES string of the molecule is CC(=O)c1c(C)c2cnc(Nc3ccc(C(=O)NCCCCCCOc4cccc5c4C(=O)N(C4CCC(=O)NC4=O)C5=O)cc3)nc2n(C2CCCC2)c1=O. The van der Waals surface area contributed by atoms with Gasteiger partial charge < -0.3 is 15.4 Å². The monoisotopic (exact) mass is 761 g/mol. The summed E-state index contributed by atoms with van der Waals surface area (Å²) in [6, 6.07) is 10.6. The predicted molar refractivity (Wildman–Crippen MR) is 205 cm³/mol. The number of nitrogens with one attached hydrogen (secondary N) is 3. The average molecular weight is 762 g/mol. The number of Topliss-reactive ketones (excluding diaryl/α,β-unsaturated/α-hetero) is 1. The molecular weight excluding hydrogens is 718 g/mol. The molecule has 1 atom stereocenters. The molecule has 2 aliphatic heterocycles. The van der Waals surface area contributed by atoms with Gasteiger partial charge in [-0.3, -0.25) is 48.3 Å². The van der Waals surface area contributed by atoms with Crippen LogP contribution in [0.3, 0.4) is 0 Å². The zero-order chi connectivity index (χ0) is 39.5. The molecule has 0 radical (unpaired) electrons. The topological polar surface area (TPSA) is 199 Å². The highest BCUT2D eigenvalue weighted by Crippen LogP contribution is 2.34. The predicted octanol–water partition coefficient (Wildman–Crippen LogP) is 4.93. The van der Waals surface area contributed by atoms with Crippen molar-refractivity contribution in [3.05, 3.63) is 86.8 Å². The zero-order valence-corrected chi connectivity index (χ0v) is 31.3. The zero-order valence-electron chi connectivity index (χ0n) is 31.3. The van der Waals surface area contributed by atoms with E-state index in [4.69, 9.17) is 9.72 Å². The third kappa shape index (κ3) is 7.53. The number of amides is 5. The highest BCUT2D eigenvalue weighted by Gasteiger charge is 2.46. The first-order valence-electron chi connectivity index (χ1n) is 19.1. The van der Waals surface area contributed by atoms with Crippen molar-refractivity contribution in [3.63, 3.8) is 0 Å². The van der Waals surface area contributed by atoms with Crippen LogP contribution in [-0.2, 0) is 9.59 Å². The summed E-state index contributed by atoms with van der Waals surface area (Å²) in [4.78, 5) is 99.1. The van der Waals surface area contributed by atoms with Crippen LogP contribution < -0.4 is 26.2 Å². The summed E-state index contributed by atoms with van der Waals surface area (Å²) in [5.74, 6) is -2.18. The number of carbonyl (C=O) groups excluding carboxylic acids is 6. The summed E-state index contributed by atoms with van der Waals surface area (Å²) in [6.45, 7) is 3.96. The highest BCUT2D eigenvalue weighted by molar-refractivity contribution is 6.24. The van der Waals surface area contributed by atoms with Gasteiger partial charge in [-0.25, -0.2) is 4.98 Å². The number of hydrogen-bond donors (Lipinski definition) is 3. The lowest BCUT2D eigenvalue weighted by Gasteiger charge is -2.27. The van der Waals surface area contributed by atoms with E-state index in [0.717, 1.165) is 49.8 Å². The van der Waals surface area contributed by atoms with E-state index >= 15 is 0 Å². The molecule has 7 rings (SSSR count). The number of ketones is 1. The Morgan fingerprint density at radius 2 is 1.68 bits per heavy atom. The molecular formula is C41H43N7O8. The highest BCUT2D eigenvalue weighted by atomic mass is 16.5. The van der Waals surface area contributed by atoms with Gasteiger partial charge in [-0.2, -0.15) is 4.98 Å². The number of hydrogen-bond acceptors (Lipinski definition) is 11. The lowest BCUT2D eigenvalue weighted by molar-refractivity contribution is -0.136. The smallest absolute Gasteiger partial charge is 0.266 e. The maximum atomic E-state index is 13.5. The molecule has 1 saturated carbocycles. The second-order valence-electron chi connectivity index (χ2n) is 14.4. The number of fused-ring (bicyclic) bond motifs is 2. The maximum Gasteiger partial charge on any atom is 0.266 e. The van der Waals surface area contributed by atoms with Crippen LogP contribution in [0.4, 0.5) is 11.6 Å². The summed E-state index contributed by atoms with van der Waals surface area (Å²) < 4.78 is 7.57. The van der Waals surface area contributed by atoms with Gasteiger partial charge in [-0.15, -0.1) is 0 Å². The first kappa shape index (κ1) is 38.0. The summed E-state index contributed by atoms with van der Waals surface area (Å²) in [7, 11) is 0. The number of carbonyl (C=O) groups is 6. The number of anilines is 2. The molecule has 2 fully saturated rings. The normalized spacial score (nSPS) is 17.0. The van der Waals surface area contributed by atoms with Gasteiger partial charge in [0.05, 0.1) is 23.3 Å². The molecule has 2 aromatic heterocycles. The molecule has 15 heteroatoms. The van der Waals surface area contributed by atoms with E-state index in [9.17, 15) is 33.6 Å². The second kappa shape index (κ2) is 16.2. The molecule has 290 valence electrons. The van der Waals surface area contributed by atoms with Crippen molar-refractivity contribution in [1.29, 1.82) is 0 Å². The van der Waals surface area contributed by atoms with Crippen LogP contribution in [0.2, 0.25) is 0 Å². The van der Waals surface area contributed by atoms with Gasteiger partial charge in [-0.1, -0.05) is 31.7 Å². The van der Waals surface area contributed by atoms with Gasteiger partial charge in [-0.05, 0) is 87.9 Å². The molecule has 0 bridgehead atoms. The molecule has 0 spiro atoms. The van der Waals surface area contributed by atoms with Gasteiger partial charge in [0, 0.05) is 41.8 Å².